The minimum atomic E-state index is 0.122. The van der Waals surface area contributed by atoms with Gasteiger partial charge in [0.1, 0.15) is 0 Å². The lowest BCUT2D eigenvalue weighted by atomic mass is 10.1. The van der Waals surface area contributed by atoms with E-state index in [1.807, 2.05) is 31.3 Å². The first-order valence-corrected chi connectivity index (χ1v) is 7.24. The Balaban J connectivity index is 2.13. The summed E-state index contributed by atoms with van der Waals surface area (Å²) in [6, 6.07) is 7.64. The molecule has 0 amide bonds. The number of benzene rings is 1. The van der Waals surface area contributed by atoms with E-state index in [4.69, 9.17) is 10.9 Å². The van der Waals surface area contributed by atoms with Crippen molar-refractivity contribution in [3.8, 4) is 0 Å². The summed E-state index contributed by atoms with van der Waals surface area (Å²) in [5, 5.41) is 14.8. The zero-order chi connectivity index (χ0) is 14.5. The molecule has 1 aromatic heterocycles. The quantitative estimate of drug-likeness (QED) is 0.384. The van der Waals surface area contributed by atoms with Gasteiger partial charge in [0.25, 0.3) is 0 Å². The number of aromatic nitrogens is 1. The van der Waals surface area contributed by atoms with E-state index in [1.54, 1.807) is 11.3 Å². The van der Waals surface area contributed by atoms with Crippen molar-refractivity contribution in [2.75, 3.05) is 11.9 Å². The Hall–Kier alpha value is -2.08. The lowest BCUT2D eigenvalue weighted by Gasteiger charge is -2.16. The van der Waals surface area contributed by atoms with Gasteiger partial charge in [-0.05, 0) is 18.1 Å². The number of oxime groups is 1. The number of anilines is 1. The van der Waals surface area contributed by atoms with Gasteiger partial charge in [-0.15, -0.1) is 11.3 Å². The Morgan fingerprint density at radius 3 is 2.95 bits per heavy atom. The Morgan fingerprint density at radius 1 is 1.50 bits per heavy atom. The molecule has 0 saturated heterocycles. The molecular weight excluding hydrogens is 272 g/mol. The average Bonchev–Trinajstić information content (AvgIpc) is 2.95. The third-order valence-electron chi connectivity index (χ3n) is 2.98. The number of thiazole rings is 1. The van der Waals surface area contributed by atoms with E-state index in [1.165, 1.54) is 0 Å². The standard InChI is InChI=1S/C14H18N4OS/c1-3-12-9-20-14(16-12)18(2)8-10-5-4-6-11(7-10)13(15)17-19/h4-7,9,19H,3,8H2,1-2H3,(H2,15,17). The van der Waals surface area contributed by atoms with Crippen molar-refractivity contribution in [3.63, 3.8) is 0 Å². The van der Waals surface area contributed by atoms with Crippen LogP contribution in [0, 0.1) is 0 Å². The predicted molar refractivity (Wildman–Crippen MR) is 82.6 cm³/mol. The number of hydrogen-bond acceptors (Lipinski definition) is 5. The van der Waals surface area contributed by atoms with Crippen molar-refractivity contribution in [2.45, 2.75) is 19.9 Å². The Kier molecular flexibility index (Phi) is 4.57. The molecule has 5 nitrogen and oxygen atoms in total. The van der Waals surface area contributed by atoms with Crippen LogP contribution < -0.4 is 10.6 Å². The molecule has 1 heterocycles. The van der Waals surface area contributed by atoms with Gasteiger partial charge in [-0.3, -0.25) is 0 Å². The summed E-state index contributed by atoms with van der Waals surface area (Å²) in [7, 11) is 2.01. The summed E-state index contributed by atoms with van der Waals surface area (Å²) in [6.45, 7) is 2.82. The van der Waals surface area contributed by atoms with Crippen LogP contribution >= 0.6 is 11.3 Å². The molecule has 3 N–H and O–H groups in total. The number of hydrogen-bond donors (Lipinski definition) is 2. The summed E-state index contributed by atoms with van der Waals surface area (Å²) in [5.74, 6) is 0.122. The third-order valence-corrected chi connectivity index (χ3v) is 3.98. The maximum absolute atomic E-state index is 8.71. The topological polar surface area (TPSA) is 74.7 Å². The van der Waals surface area contributed by atoms with Gasteiger partial charge in [0, 0.05) is 24.5 Å². The highest BCUT2D eigenvalue weighted by Gasteiger charge is 2.08. The SMILES string of the molecule is CCc1csc(N(C)Cc2cccc(C(N)=NO)c2)n1. The highest BCUT2D eigenvalue weighted by atomic mass is 32.1. The van der Waals surface area contributed by atoms with E-state index >= 15 is 0 Å². The van der Waals surface area contributed by atoms with Crippen LogP contribution in [0.2, 0.25) is 0 Å². The minimum absolute atomic E-state index is 0.122. The molecule has 0 fully saturated rings. The maximum Gasteiger partial charge on any atom is 0.185 e. The van der Waals surface area contributed by atoms with Gasteiger partial charge < -0.3 is 15.8 Å². The van der Waals surface area contributed by atoms with Crippen LogP contribution in [-0.4, -0.2) is 23.1 Å². The fourth-order valence-corrected chi connectivity index (χ4v) is 2.74. The summed E-state index contributed by atoms with van der Waals surface area (Å²) in [4.78, 5) is 6.65. The van der Waals surface area contributed by atoms with E-state index in [0.29, 0.717) is 5.56 Å². The largest absolute Gasteiger partial charge is 0.409 e. The van der Waals surface area contributed by atoms with Gasteiger partial charge in [-0.25, -0.2) is 4.98 Å². The van der Waals surface area contributed by atoms with Gasteiger partial charge in [0.15, 0.2) is 11.0 Å². The summed E-state index contributed by atoms with van der Waals surface area (Å²) in [6.07, 6.45) is 0.948. The second kappa shape index (κ2) is 6.38. The third kappa shape index (κ3) is 3.27. The van der Waals surface area contributed by atoms with Gasteiger partial charge in [0.2, 0.25) is 0 Å². The maximum atomic E-state index is 8.71. The van der Waals surface area contributed by atoms with Crippen LogP contribution in [0.1, 0.15) is 23.7 Å². The van der Waals surface area contributed by atoms with Crippen molar-refractivity contribution < 1.29 is 5.21 Å². The molecule has 0 aliphatic heterocycles. The second-order valence-corrected chi connectivity index (χ2v) is 5.35. The average molecular weight is 290 g/mol. The molecule has 20 heavy (non-hydrogen) atoms. The summed E-state index contributed by atoms with van der Waals surface area (Å²) < 4.78 is 0. The van der Waals surface area contributed by atoms with Gasteiger partial charge in [-0.2, -0.15) is 0 Å². The van der Waals surface area contributed by atoms with Gasteiger partial charge in [0.05, 0.1) is 5.69 Å². The first-order valence-electron chi connectivity index (χ1n) is 6.36. The van der Waals surface area contributed by atoms with Gasteiger partial charge in [-0.1, -0.05) is 30.3 Å². The monoisotopic (exact) mass is 290 g/mol. The van der Waals surface area contributed by atoms with Crippen molar-refractivity contribution in [1.82, 2.24) is 4.98 Å². The van der Waals surface area contributed by atoms with E-state index in [9.17, 15) is 0 Å². The van der Waals surface area contributed by atoms with E-state index in [0.717, 1.165) is 29.4 Å². The molecule has 2 aromatic rings. The van der Waals surface area contributed by atoms with E-state index in [2.05, 4.69) is 27.3 Å². The molecule has 0 atom stereocenters. The highest BCUT2D eigenvalue weighted by Crippen LogP contribution is 2.21. The molecule has 0 bridgehead atoms. The molecular formula is C14H18N4OS. The fourth-order valence-electron chi connectivity index (χ4n) is 1.86. The molecule has 0 saturated carbocycles. The zero-order valence-corrected chi connectivity index (χ0v) is 12.4. The summed E-state index contributed by atoms with van der Waals surface area (Å²) in [5.41, 5.74) is 8.52. The van der Waals surface area contributed by atoms with Crippen LogP contribution in [0.25, 0.3) is 0 Å². The lowest BCUT2D eigenvalue weighted by Crippen LogP contribution is -2.17. The molecule has 0 radical (unpaired) electrons. The summed E-state index contributed by atoms with van der Waals surface area (Å²) >= 11 is 1.64. The van der Waals surface area contributed by atoms with Crippen LogP contribution in [-0.2, 0) is 13.0 Å². The van der Waals surface area contributed by atoms with Crippen molar-refractivity contribution >= 4 is 22.3 Å². The number of amidine groups is 1. The van der Waals surface area contributed by atoms with Crippen LogP contribution in [0.3, 0.4) is 0 Å². The molecule has 0 aliphatic carbocycles. The van der Waals surface area contributed by atoms with Crippen molar-refractivity contribution in [1.29, 1.82) is 0 Å². The van der Waals surface area contributed by atoms with Crippen LogP contribution in [0.4, 0.5) is 5.13 Å². The van der Waals surface area contributed by atoms with Crippen LogP contribution in [0.15, 0.2) is 34.8 Å². The van der Waals surface area contributed by atoms with E-state index < -0.39 is 0 Å². The highest BCUT2D eigenvalue weighted by molar-refractivity contribution is 7.13. The molecule has 2 rings (SSSR count). The Morgan fingerprint density at radius 2 is 2.30 bits per heavy atom. The minimum Gasteiger partial charge on any atom is -0.409 e. The van der Waals surface area contributed by atoms with Gasteiger partial charge >= 0.3 is 0 Å². The molecule has 6 heteroatoms. The zero-order valence-electron chi connectivity index (χ0n) is 11.6. The molecule has 1 aromatic carbocycles. The van der Waals surface area contributed by atoms with Crippen molar-refractivity contribution in [2.24, 2.45) is 10.9 Å². The number of nitrogens with zero attached hydrogens (tertiary/aromatic N) is 3. The van der Waals surface area contributed by atoms with E-state index in [-0.39, 0.29) is 5.84 Å². The number of nitrogens with two attached hydrogens (primary N) is 1. The molecule has 0 unspecified atom stereocenters. The first-order chi connectivity index (χ1) is 9.63. The normalized spacial score (nSPS) is 11.6. The number of rotatable bonds is 5. The lowest BCUT2D eigenvalue weighted by molar-refractivity contribution is 0.318. The molecule has 106 valence electrons. The van der Waals surface area contributed by atoms with Crippen LogP contribution in [0.5, 0.6) is 0 Å². The molecule has 0 aliphatic rings. The Labute approximate surface area is 122 Å². The smallest absolute Gasteiger partial charge is 0.185 e. The van der Waals surface area contributed by atoms with Crippen molar-refractivity contribution in [3.05, 3.63) is 46.5 Å². The number of aryl methyl sites for hydroxylation is 1. The second-order valence-electron chi connectivity index (χ2n) is 4.52. The predicted octanol–water partition coefficient (Wildman–Crippen LogP) is 2.44. The molecule has 0 spiro atoms. The first kappa shape index (κ1) is 14.3. The fraction of sp³-hybridized carbons (Fsp3) is 0.286. The Bertz CT molecular complexity index is 609.